The second-order valence-electron chi connectivity index (χ2n) is 9.49. The Labute approximate surface area is 206 Å². The van der Waals surface area contributed by atoms with Crippen molar-refractivity contribution >= 4 is 34.4 Å². The van der Waals surface area contributed by atoms with Crippen LogP contribution in [0.25, 0.3) is 0 Å². The SMILES string of the molecule is Cc1cc(=O)c(O)c(C2(CC(=O)NCC(=O)Nc3nccs3)CCN(C(=O)OC(C)(C)C)CC2)o1. The van der Waals surface area contributed by atoms with Gasteiger partial charge >= 0.3 is 6.09 Å². The monoisotopic (exact) mass is 506 g/mol. The summed E-state index contributed by atoms with van der Waals surface area (Å²) in [7, 11) is 0. The van der Waals surface area contributed by atoms with E-state index in [1.165, 1.54) is 22.3 Å². The Morgan fingerprint density at radius 2 is 1.94 bits per heavy atom. The molecule has 35 heavy (non-hydrogen) atoms. The van der Waals surface area contributed by atoms with Crippen LogP contribution in [0.2, 0.25) is 0 Å². The number of aryl methyl sites for hydroxylation is 1. The fraction of sp³-hybridized carbons (Fsp3) is 0.522. The molecule has 11 nitrogen and oxygen atoms in total. The minimum Gasteiger partial charge on any atom is -0.502 e. The first-order chi connectivity index (χ1) is 16.4. The summed E-state index contributed by atoms with van der Waals surface area (Å²) < 4.78 is 11.2. The van der Waals surface area contributed by atoms with Crippen molar-refractivity contribution in [3.63, 3.8) is 0 Å². The minimum absolute atomic E-state index is 0.00808. The second-order valence-corrected chi connectivity index (χ2v) is 10.4. The Hall–Kier alpha value is -3.41. The number of nitrogens with one attached hydrogen (secondary N) is 2. The number of ether oxygens (including phenoxy) is 1. The zero-order chi connectivity index (χ0) is 25.8. The first-order valence-electron chi connectivity index (χ1n) is 11.2. The highest BCUT2D eigenvalue weighted by Crippen LogP contribution is 2.42. The van der Waals surface area contributed by atoms with Gasteiger partial charge in [-0.2, -0.15) is 0 Å². The van der Waals surface area contributed by atoms with E-state index < -0.39 is 40.1 Å². The molecule has 0 aromatic carbocycles. The molecule has 0 spiro atoms. The summed E-state index contributed by atoms with van der Waals surface area (Å²) in [5.74, 6) is -1.16. The van der Waals surface area contributed by atoms with E-state index in [0.717, 1.165) is 0 Å². The molecule has 1 saturated heterocycles. The molecule has 3 rings (SSSR count). The van der Waals surface area contributed by atoms with Crippen LogP contribution in [0.4, 0.5) is 9.93 Å². The standard InChI is InChI=1S/C23H30N4O7S/c1-14-11-15(28)18(31)19(33-14)23(5-8-27(9-6-23)21(32)34-22(2,3)4)12-16(29)25-13-17(30)26-20-24-7-10-35-20/h7,10-11,31H,5-6,8-9,12-13H2,1-4H3,(H,25,29)(H,24,26,30). The number of rotatable bonds is 6. The van der Waals surface area contributed by atoms with Gasteiger partial charge in [0.2, 0.25) is 23.0 Å². The molecule has 0 saturated carbocycles. The van der Waals surface area contributed by atoms with Gasteiger partial charge in [0.15, 0.2) is 10.9 Å². The van der Waals surface area contributed by atoms with Gasteiger partial charge in [-0.15, -0.1) is 11.3 Å². The summed E-state index contributed by atoms with van der Waals surface area (Å²) in [6.45, 7) is 7.07. The van der Waals surface area contributed by atoms with Crippen LogP contribution in [0.5, 0.6) is 5.75 Å². The van der Waals surface area contributed by atoms with Crippen molar-refractivity contribution in [3.8, 4) is 5.75 Å². The van der Waals surface area contributed by atoms with Crippen molar-refractivity contribution in [2.45, 2.75) is 58.0 Å². The lowest BCUT2D eigenvalue weighted by molar-refractivity contribution is -0.125. The topological polar surface area (TPSA) is 151 Å². The van der Waals surface area contributed by atoms with Crippen LogP contribution in [-0.2, 0) is 19.7 Å². The lowest BCUT2D eigenvalue weighted by Crippen LogP contribution is -2.49. The number of likely N-dealkylation sites (tertiary alicyclic amines) is 1. The van der Waals surface area contributed by atoms with Crippen molar-refractivity contribution in [1.29, 1.82) is 0 Å². The number of amides is 3. The van der Waals surface area contributed by atoms with Gasteiger partial charge < -0.3 is 29.8 Å². The lowest BCUT2D eigenvalue weighted by Gasteiger charge is -2.41. The van der Waals surface area contributed by atoms with E-state index in [2.05, 4.69) is 15.6 Å². The van der Waals surface area contributed by atoms with Gasteiger partial charge in [-0.05, 0) is 40.5 Å². The van der Waals surface area contributed by atoms with Crippen LogP contribution in [-0.4, -0.2) is 58.1 Å². The Morgan fingerprint density at radius 3 is 2.54 bits per heavy atom. The van der Waals surface area contributed by atoms with Crippen LogP contribution in [0, 0.1) is 6.92 Å². The van der Waals surface area contributed by atoms with E-state index >= 15 is 0 Å². The largest absolute Gasteiger partial charge is 0.502 e. The average molecular weight is 507 g/mol. The number of aromatic hydroxyl groups is 1. The maximum atomic E-state index is 12.9. The van der Waals surface area contributed by atoms with Crippen LogP contribution < -0.4 is 16.1 Å². The van der Waals surface area contributed by atoms with Gasteiger partial charge in [0.25, 0.3) is 0 Å². The molecular weight excluding hydrogens is 476 g/mol. The maximum Gasteiger partial charge on any atom is 0.410 e. The van der Waals surface area contributed by atoms with E-state index in [-0.39, 0.29) is 44.7 Å². The smallest absolute Gasteiger partial charge is 0.410 e. The summed E-state index contributed by atoms with van der Waals surface area (Å²) in [5, 5.41) is 17.8. The fourth-order valence-electron chi connectivity index (χ4n) is 3.89. The van der Waals surface area contributed by atoms with Crippen LogP contribution in [0.1, 0.15) is 51.6 Å². The van der Waals surface area contributed by atoms with Gasteiger partial charge in [0, 0.05) is 42.6 Å². The first kappa shape index (κ1) is 26.2. The molecule has 1 aliphatic rings. The number of thiazole rings is 1. The Balaban J connectivity index is 1.76. The van der Waals surface area contributed by atoms with Crippen molar-refractivity contribution in [2.24, 2.45) is 0 Å². The van der Waals surface area contributed by atoms with E-state index in [1.54, 1.807) is 39.3 Å². The number of aromatic nitrogens is 1. The second kappa shape index (κ2) is 10.5. The van der Waals surface area contributed by atoms with Gasteiger partial charge in [-0.1, -0.05) is 0 Å². The third-order valence-electron chi connectivity index (χ3n) is 5.52. The molecule has 0 unspecified atom stereocenters. The summed E-state index contributed by atoms with van der Waals surface area (Å²) in [4.78, 5) is 55.3. The van der Waals surface area contributed by atoms with Crippen LogP contribution in [0.15, 0.2) is 26.9 Å². The van der Waals surface area contributed by atoms with Gasteiger partial charge in [-0.25, -0.2) is 9.78 Å². The summed E-state index contributed by atoms with van der Waals surface area (Å²) in [6.07, 6.45) is 1.40. The third kappa shape index (κ3) is 6.81. The number of carbonyl (C=O) groups excluding carboxylic acids is 3. The number of hydrogen-bond donors (Lipinski definition) is 3. The number of carbonyl (C=O) groups is 3. The molecule has 2 aromatic heterocycles. The van der Waals surface area contributed by atoms with Crippen molar-refractivity contribution in [2.75, 3.05) is 25.0 Å². The summed E-state index contributed by atoms with van der Waals surface area (Å²) in [6, 6.07) is 1.17. The zero-order valence-electron chi connectivity index (χ0n) is 20.2. The summed E-state index contributed by atoms with van der Waals surface area (Å²) in [5.41, 5.74) is -2.32. The normalized spacial score (nSPS) is 15.4. The van der Waals surface area contributed by atoms with Gasteiger partial charge in [0.05, 0.1) is 6.54 Å². The third-order valence-corrected chi connectivity index (χ3v) is 6.21. The van der Waals surface area contributed by atoms with E-state index in [9.17, 15) is 24.3 Å². The van der Waals surface area contributed by atoms with E-state index in [1.807, 2.05) is 0 Å². The molecule has 0 atom stereocenters. The molecule has 1 aliphatic heterocycles. The minimum atomic E-state index is -1.05. The Bertz CT molecular complexity index is 1130. The zero-order valence-corrected chi connectivity index (χ0v) is 21.0. The quantitative estimate of drug-likeness (QED) is 0.541. The van der Waals surface area contributed by atoms with Crippen LogP contribution >= 0.6 is 11.3 Å². The number of anilines is 1. The van der Waals surface area contributed by atoms with Crippen molar-refractivity contribution in [1.82, 2.24) is 15.2 Å². The number of hydrogen-bond acceptors (Lipinski definition) is 9. The first-order valence-corrected chi connectivity index (χ1v) is 12.0. The average Bonchev–Trinajstić information content (AvgIpc) is 3.27. The highest BCUT2D eigenvalue weighted by atomic mass is 32.1. The molecule has 1 fully saturated rings. The van der Waals surface area contributed by atoms with Crippen LogP contribution in [0.3, 0.4) is 0 Å². The van der Waals surface area contributed by atoms with Crippen molar-refractivity contribution < 1.29 is 28.6 Å². The molecular formula is C23H30N4O7S. The van der Waals surface area contributed by atoms with Gasteiger partial charge in [0.1, 0.15) is 11.4 Å². The maximum absolute atomic E-state index is 12.9. The highest BCUT2D eigenvalue weighted by Gasteiger charge is 2.44. The predicted molar refractivity (Wildman–Crippen MR) is 128 cm³/mol. The van der Waals surface area contributed by atoms with E-state index in [4.69, 9.17) is 9.15 Å². The molecule has 0 aliphatic carbocycles. The fourth-order valence-corrected chi connectivity index (χ4v) is 4.43. The number of nitrogens with zero attached hydrogens (tertiary/aromatic N) is 2. The highest BCUT2D eigenvalue weighted by molar-refractivity contribution is 7.13. The molecule has 0 bridgehead atoms. The molecule has 0 radical (unpaired) electrons. The Kier molecular flexibility index (Phi) is 7.83. The predicted octanol–water partition coefficient (Wildman–Crippen LogP) is 2.52. The lowest BCUT2D eigenvalue weighted by atomic mass is 9.73. The molecule has 12 heteroatoms. The molecule has 2 aromatic rings. The molecule has 3 heterocycles. The molecule has 190 valence electrons. The van der Waals surface area contributed by atoms with E-state index in [0.29, 0.717) is 10.9 Å². The number of piperidine rings is 1. The molecule has 3 N–H and O–H groups in total. The van der Waals surface area contributed by atoms with Gasteiger partial charge in [-0.3, -0.25) is 14.4 Å². The summed E-state index contributed by atoms with van der Waals surface area (Å²) >= 11 is 1.25. The Morgan fingerprint density at radius 1 is 1.26 bits per heavy atom. The molecule has 3 amide bonds. The van der Waals surface area contributed by atoms with Crippen molar-refractivity contribution in [3.05, 3.63) is 39.4 Å².